The molecule has 1 aliphatic heterocycles. The molecule has 2 fully saturated rings. The van der Waals surface area contributed by atoms with Gasteiger partial charge in [-0.25, -0.2) is 0 Å². The van der Waals surface area contributed by atoms with Crippen LogP contribution in [-0.2, 0) is 0 Å². The van der Waals surface area contributed by atoms with E-state index >= 15 is 0 Å². The third-order valence-corrected chi connectivity index (χ3v) is 6.50. The van der Waals surface area contributed by atoms with E-state index in [4.69, 9.17) is 0 Å². The van der Waals surface area contributed by atoms with E-state index in [1.807, 2.05) is 13.8 Å². The highest BCUT2D eigenvalue weighted by Gasteiger charge is 2.37. The van der Waals surface area contributed by atoms with Crippen molar-refractivity contribution in [3.05, 3.63) is 0 Å². The van der Waals surface area contributed by atoms with E-state index in [-0.39, 0.29) is 0 Å². The summed E-state index contributed by atoms with van der Waals surface area (Å²) in [5, 5.41) is 0. The van der Waals surface area contributed by atoms with Gasteiger partial charge < -0.3 is 0 Å². The van der Waals surface area contributed by atoms with Gasteiger partial charge >= 0.3 is 0 Å². The Hall–Kier alpha value is 0.700. The Balaban J connectivity index is 0.000000396. The van der Waals surface area contributed by atoms with Crippen LogP contribution in [0.15, 0.2) is 0 Å². The normalized spacial score (nSPS) is 27.0. The number of hydrogen-bond donors (Lipinski definition) is 0. The molecule has 1 saturated heterocycles. The van der Waals surface area contributed by atoms with Crippen molar-refractivity contribution in [2.45, 2.75) is 50.5 Å². The van der Waals surface area contributed by atoms with Gasteiger partial charge in [0.2, 0.25) is 0 Å². The number of rotatable bonds is 0. The van der Waals surface area contributed by atoms with E-state index in [1.54, 1.807) is 0 Å². The van der Waals surface area contributed by atoms with Crippen LogP contribution < -0.4 is 0 Å². The lowest BCUT2D eigenvalue weighted by Gasteiger charge is -2.34. The summed E-state index contributed by atoms with van der Waals surface area (Å²) >= 11 is 4.46. The fraction of sp³-hybridized carbons (Fsp3) is 1.00. The second-order valence-electron chi connectivity index (χ2n) is 3.79. The molecule has 0 N–H and O–H groups in total. The van der Waals surface area contributed by atoms with Gasteiger partial charge in [-0.1, -0.05) is 20.8 Å². The van der Waals surface area contributed by atoms with E-state index in [9.17, 15) is 0 Å². The average Bonchev–Trinajstić information content (AvgIpc) is 2.63. The Morgan fingerprint density at radius 1 is 1.00 bits per heavy atom. The summed E-state index contributed by atoms with van der Waals surface area (Å²) in [7, 11) is 0. The van der Waals surface area contributed by atoms with Crippen LogP contribution in [0.5, 0.6) is 0 Å². The number of hydrogen-bond acceptors (Lipinski definition) is 2. The van der Waals surface area contributed by atoms with E-state index in [1.165, 1.54) is 37.2 Å². The van der Waals surface area contributed by atoms with Crippen LogP contribution in [0.25, 0.3) is 0 Å². The predicted molar refractivity (Wildman–Crippen MR) is 66.6 cm³/mol. The highest BCUT2D eigenvalue weighted by molar-refractivity contribution is 8.21. The first-order chi connectivity index (χ1) is 6.31. The maximum absolute atomic E-state index is 2.40. The molecule has 0 aromatic heterocycles. The van der Waals surface area contributed by atoms with Crippen molar-refractivity contribution in [1.82, 2.24) is 0 Å². The topological polar surface area (TPSA) is 0 Å². The van der Waals surface area contributed by atoms with Gasteiger partial charge in [0.1, 0.15) is 0 Å². The van der Waals surface area contributed by atoms with Crippen LogP contribution in [0.3, 0.4) is 0 Å². The quantitative estimate of drug-likeness (QED) is 0.591. The van der Waals surface area contributed by atoms with E-state index in [0.717, 1.165) is 5.92 Å². The summed E-state index contributed by atoms with van der Waals surface area (Å²) < 4.78 is 0.687. The van der Waals surface area contributed by atoms with E-state index < -0.39 is 0 Å². The van der Waals surface area contributed by atoms with Crippen LogP contribution in [0.1, 0.15) is 46.5 Å². The fourth-order valence-corrected chi connectivity index (χ4v) is 5.28. The molecule has 0 amide bonds. The molecule has 1 spiro atoms. The molecule has 1 aliphatic carbocycles. The van der Waals surface area contributed by atoms with Crippen molar-refractivity contribution in [1.29, 1.82) is 0 Å². The molecule has 0 unspecified atom stereocenters. The summed E-state index contributed by atoms with van der Waals surface area (Å²) in [5.41, 5.74) is 0. The summed E-state index contributed by atoms with van der Waals surface area (Å²) in [5.74, 6) is 3.81. The molecule has 0 aromatic rings. The molecule has 1 saturated carbocycles. The Labute approximate surface area is 91.6 Å². The summed E-state index contributed by atoms with van der Waals surface area (Å²) in [6.07, 6.45) is 5.90. The molecule has 0 radical (unpaired) electrons. The molecule has 0 nitrogen and oxygen atoms in total. The highest BCUT2D eigenvalue weighted by atomic mass is 32.2. The third kappa shape index (κ3) is 3.09. The van der Waals surface area contributed by atoms with Crippen molar-refractivity contribution in [2.75, 3.05) is 11.5 Å². The molecule has 0 aromatic carbocycles. The summed E-state index contributed by atoms with van der Waals surface area (Å²) in [6, 6.07) is 0. The van der Waals surface area contributed by atoms with Crippen molar-refractivity contribution < 1.29 is 0 Å². The molecule has 13 heavy (non-hydrogen) atoms. The van der Waals surface area contributed by atoms with Crippen molar-refractivity contribution in [3.8, 4) is 0 Å². The van der Waals surface area contributed by atoms with Gasteiger partial charge in [-0.3, -0.25) is 0 Å². The van der Waals surface area contributed by atoms with Crippen LogP contribution >= 0.6 is 23.5 Å². The first-order valence-electron chi connectivity index (χ1n) is 5.59. The monoisotopic (exact) mass is 218 g/mol. The maximum Gasteiger partial charge on any atom is 0.0611 e. The van der Waals surface area contributed by atoms with Crippen molar-refractivity contribution in [3.63, 3.8) is 0 Å². The van der Waals surface area contributed by atoms with Gasteiger partial charge in [0.15, 0.2) is 0 Å². The molecular weight excluding hydrogens is 196 g/mol. The zero-order valence-corrected chi connectivity index (χ0v) is 10.8. The van der Waals surface area contributed by atoms with Crippen LogP contribution in [-0.4, -0.2) is 15.6 Å². The first kappa shape index (κ1) is 11.8. The SMILES string of the molecule is CC.CC1CCC2(CC1)SCCS2. The molecule has 2 aliphatic rings. The van der Waals surface area contributed by atoms with Gasteiger partial charge in [-0.2, -0.15) is 0 Å². The predicted octanol–water partition coefficient (Wildman–Crippen LogP) is 4.40. The molecule has 78 valence electrons. The summed E-state index contributed by atoms with van der Waals surface area (Å²) in [4.78, 5) is 0. The molecule has 2 rings (SSSR count). The van der Waals surface area contributed by atoms with Crippen molar-refractivity contribution >= 4 is 23.5 Å². The lowest BCUT2D eigenvalue weighted by Crippen LogP contribution is -2.24. The second kappa shape index (κ2) is 5.55. The van der Waals surface area contributed by atoms with E-state index in [2.05, 4.69) is 30.4 Å². The van der Waals surface area contributed by atoms with Gasteiger partial charge in [-0.15, -0.1) is 23.5 Å². The molecule has 1 heterocycles. The molecular formula is C11H22S2. The third-order valence-electron chi connectivity index (χ3n) is 2.85. The second-order valence-corrected chi connectivity index (χ2v) is 7.01. The average molecular weight is 218 g/mol. The van der Waals surface area contributed by atoms with Crippen molar-refractivity contribution in [2.24, 2.45) is 5.92 Å². The Kier molecular flexibility index (Phi) is 5.03. The van der Waals surface area contributed by atoms with Crippen LogP contribution in [0.4, 0.5) is 0 Å². The lowest BCUT2D eigenvalue weighted by atomic mass is 9.90. The van der Waals surface area contributed by atoms with Gasteiger partial charge in [-0.05, 0) is 31.6 Å². The Bertz CT molecular complexity index is 129. The first-order valence-corrected chi connectivity index (χ1v) is 7.56. The standard InChI is InChI=1S/C9H16S2.C2H6/c1-8-2-4-9(5-3-8)10-6-7-11-9;1-2/h8H,2-7H2,1H3;1-2H3. The number of thioether (sulfide) groups is 2. The highest BCUT2D eigenvalue weighted by Crippen LogP contribution is 2.53. The van der Waals surface area contributed by atoms with Crippen LogP contribution in [0, 0.1) is 5.92 Å². The minimum Gasteiger partial charge on any atom is -0.143 e. The zero-order chi connectivity index (χ0) is 9.73. The van der Waals surface area contributed by atoms with Gasteiger partial charge in [0.25, 0.3) is 0 Å². The van der Waals surface area contributed by atoms with Gasteiger partial charge in [0.05, 0.1) is 4.08 Å². The zero-order valence-electron chi connectivity index (χ0n) is 9.14. The fourth-order valence-electron chi connectivity index (χ4n) is 1.99. The summed E-state index contributed by atoms with van der Waals surface area (Å²) in [6.45, 7) is 6.40. The minimum atomic E-state index is 0.687. The lowest BCUT2D eigenvalue weighted by molar-refractivity contribution is 0.378. The Morgan fingerprint density at radius 2 is 1.46 bits per heavy atom. The molecule has 0 atom stereocenters. The van der Waals surface area contributed by atoms with E-state index in [0.29, 0.717) is 4.08 Å². The van der Waals surface area contributed by atoms with Gasteiger partial charge in [0, 0.05) is 11.5 Å². The Morgan fingerprint density at radius 3 is 1.92 bits per heavy atom. The molecule has 2 heteroatoms. The van der Waals surface area contributed by atoms with Crippen LogP contribution in [0.2, 0.25) is 0 Å². The minimum absolute atomic E-state index is 0.687. The maximum atomic E-state index is 2.40. The largest absolute Gasteiger partial charge is 0.143 e. The molecule has 0 bridgehead atoms. The smallest absolute Gasteiger partial charge is 0.0611 e.